The van der Waals surface area contributed by atoms with Gasteiger partial charge in [0.05, 0.1) is 18.9 Å². The molecule has 9 nitrogen and oxygen atoms in total. The Morgan fingerprint density at radius 2 is 1.97 bits per heavy atom. The molecule has 3 heterocycles. The number of hydrogen-bond donors (Lipinski definition) is 1. The molecule has 0 radical (unpaired) electrons. The Balaban J connectivity index is 1.37. The quantitative estimate of drug-likeness (QED) is 0.496. The van der Waals surface area contributed by atoms with Gasteiger partial charge in [-0.1, -0.05) is 0 Å². The lowest BCUT2D eigenvalue weighted by Crippen LogP contribution is -2.41. The number of hydrogen-bond acceptors (Lipinski definition) is 7. The van der Waals surface area contributed by atoms with E-state index < -0.39 is 5.60 Å². The summed E-state index contributed by atoms with van der Waals surface area (Å²) >= 11 is 0. The number of nitrogens with zero attached hydrogens (tertiary/aromatic N) is 5. The Kier molecular flexibility index (Phi) is 7.98. The fourth-order valence-electron chi connectivity index (χ4n) is 4.65. The summed E-state index contributed by atoms with van der Waals surface area (Å²) < 4.78 is 13.4. The number of likely N-dealkylation sites (tertiary alicyclic amines) is 1. The van der Waals surface area contributed by atoms with Crippen LogP contribution in [0.4, 0.5) is 4.79 Å². The summed E-state index contributed by atoms with van der Waals surface area (Å²) in [7, 11) is 0. The number of carbonyl (C=O) groups is 1. The molecule has 1 N–H and O–H groups in total. The molecule has 3 aromatic rings. The van der Waals surface area contributed by atoms with E-state index in [-0.39, 0.29) is 18.5 Å². The zero-order valence-corrected chi connectivity index (χ0v) is 22.0. The number of amides is 1. The van der Waals surface area contributed by atoms with Gasteiger partial charge in [-0.05, 0) is 82.7 Å². The third-order valence-electron chi connectivity index (χ3n) is 6.56. The molecule has 1 aliphatic rings. The first kappa shape index (κ1) is 26.4. The molecule has 196 valence electrons. The predicted molar refractivity (Wildman–Crippen MR) is 140 cm³/mol. The van der Waals surface area contributed by atoms with Gasteiger partial charge in [0, 0.05) is 36.8 Å². The second kappa shape index (κ2) is 11.2. The van der Waals surface area contributed by atoms with Crippen molar-refractivity contribution in [3.63, 3.8) is 0 Å². The Bertz CT molecular complexity index is 1300. The highest BCUT2D eigenvalue weighted by molar-refractivity contribution is 5.91. The number of aryl methyl sites for hydroxylation is 1. The van der Waals surface area contributed by atoms with Gasteiger partial charge in [-0.3, -0.25) is 0 Å². The molecular weight excluding hydrogens is 470 g/mol. The van der Waals surface area contributed by atoms with Gasteiger partial charge in [0.15, 0.2) is 0 Å². The van der Waals surface area contributed by atoms with Gasteiger partial charge < -0.3 is 24.0 Å². The monoisotopic (exact) mass is 505 g/mol. The number of aliphatic hydroxyl groups excluding tert-OH is 1. The standard InChI is InChI=1S/C28H35N5O4/c1-19-17-21(25-22-9-13-32(14-15-34)26(22)31-24(18-29)30-25)5-6-23(19)36-16-10-20-7-11-33(12-8-20)27(35)37-28(2,3)4/h5-6,9,13,17,20,34H,7-8,10-12,14-16H2,1-4H3. The number of ether oxygens (including phenoxy) is 2. The largest absolute Gasteiger partial charge is 0.493 e. The molecule has 37 heavy (non-hydrogen) atoms. The fourth-order valence-corrected chi connectivity index (χ4v) is 4.65. The number of carbonyl (C=O) groups excluding carboxylic acids is 1. The van der Waals surface area contributed by atoms with Gasteiger partial charge in [0.2, 0.25) is 5.82 Å². The van der Waals surface area contributed by atoms with Crippen LogP contribution in [-0.2, 0) is 11.3 Å². The Hall–Kier alpha value is -3.64. The molecule has 0 unspecified atom stereocenters. The molecule has 2 aromatic heterocycles. The molecule has 1 aromatic carbocycles. The van der Waals surface area contributed by atoms with Crippen LogP contribution in [0.2, 0.25) is 0 Å². The Morgan fingerprint density at radius 1 is 1.22 bits per heavy atom. The summed E-state index contributed by atoms with van der Waals surface area (Å²) in [6.45, 7) is 10.1. The molecule has 4 rings (SSSR count). The van der Waals surface area contributed by atoms with Crippen molar-refractivity contribution < 1.29 is 19.4 Å². The first-order chi connectivity index (χ1) is 17.7. The smallest absolute Gasteiger partial charge is 0.410 e. The van der Waals surface area contributed by atoms with Crippen molar-refractivity contribution in [3.8, 4) is 23.1 Å². The molecule has 0 aliphatic carbocycles. The molecule has 9 heteroatoms. The number of nitriles is 1. The Morgan fingerprint density at radius 3 is 2.62 bits per heavy atom. The number of aliphatic hydroxyl groups is 1. The van der Waals surface area contributed by atoms with E-state index in [2.05, 4.69) is 9.97 Å². The van der Waals surface area contributed by atoms with Crippen LogP contribution in [0.3, 0.4) is 0 Å². The maximum Gasteiger partial charge on any atom is 0.410 e. The van der Waals surface area contributed by atoms with Crippen molar-refractivity contribution in [3.05, 3.63) is 41.9 Å². The lowest BCUT2D eigenvalue weighted by molar-refractivity contribution is 0.0177. The maximum atomic E-state index is 12.3. The normalized spacial score (nSPS) is 14.5. The molecule has 0 bridgehead atoms. The van der Waals surface area contributed by atoms with Crippen LogP contribution >= 0.6 is 0 Å². The second-order valence-electron chi connectivity index (χ2n) is 10.5. The molecule has 0 spiro atoms. The van der Waals surface area contributed by atoms with Crippen LogP contribution < -0.4 is 4.74 Å². The third-order valence-corrected chi connectivity index (χ3v) is 6.56. The number of piperidine rings is 1. The van der Waals surface area contributed by atoms with Crippen LogP contribution in [0, 0.1) is 24.2 Å². The van der Waals surface area contributed by atoms with E-state index in [0.29, 0.717) is 43.5 Å². The molecule has 1 amide bonds. The number of benzene rings is 1. The van der Waals surface area contributed by atoms with Crippen molar-refractivity contribution in [1.82, 2.24) is 19.4 Å². The highest BCUT2D eigenvalue weighted by atomic mass is 16.6. The molecular formula is C28H35N5O4. The van der Waals surface area contributed by atoms with E-state index in [1.54, 1.807) is 4.90 Å². The molecule has 0 saturated carbocycles. The van der Waals surface area contributed by atoms with Crippen LogP contribution in [0.15, 0.2) is 30.5 Å². The first-order valence-corrected chi connectivity index (χ1v) is 12.8. The van der Waals surface area contributed by atoms with Crippen LogP contribution in [0.5, 0.6) is 5.75 Å². The highest BCUT2D eigenvalue weighted by Crippen LogP contribution is 2.31. The van der Waals surface area contributed by atoms with Crippen LogP contribution in [0.1, 0.15) is 51.4 Å². The third kappa shape index (κ3) is 6.38. The first-order valence-electron chi connectivity index (χ1n) is 12.8. The summed E-state index contributed by atoms with van der Waals surface area (Å²) in [5.74, 6) is 1.43. The molecule has 1 aliphatic heterocycles. The SMILES string of the molecule is Cc1cc(-c2nc(C#N)nc3c2ccn3CCO)ccc1OCCC1CCN(C(=O)OC(C)(C)C)CC1. The number of rotatable bonds is 7. The summed E-state index contributed by atoms with van der Waals surface area (Å²) in [6, 6.07) is 9.86. The molecule has 1 saturated heterocycles. The van der Waals surface area contributed by atoms with Gasteiger partial charge in [-0.15, -0.1) is 0 Å². The van der Waals surface area contributed by atoms with E-state index in [4.69, 9.17) is 9.47 Å². The van der Waals surface area contributed by atoms with Gasteiger partial charge in [0.25, 0.3) is 0 Å². The zero-order chi connectivity index (χ0) is 26.6. The maximum absolute atomic E-state index is 12.3. The average molecular weight is 506 g/mol. The van der Waals surface area contributed by atoms with Gasteiger partial charge in [-0.2, -0.15) is 5.26 Å². The van der Waals surface area contributed by atoms with E-state index in [9.17, 15) is 15.2 Å². The van der Waals surface area contributed by atoms with Gasteiger partial charge >= 0.3 is 6.09 Å². The number of fused-ring (bicyclic) bond motifs is 1. The van der Waals surface area contributed by atoms with E-state index in [1.807, 2.05) is 68.8 Å². The van der Waals surface area contributed by atoms with E-state index in [0.717, 1.165) is 41.5 Å². The number of aromatic nitrogens is 3. The van der Waals surface area contributed by atoms with Crippen molar-refractivity contribution in [2.24, 2.45) is 5.92 Å². The van der Waals surface area contributed by atoms with Crippen LogP contribution in [0.25, 0.3) is 22.3 Å². The molecule has 1 fully saturated rings. The lowest BCUT2D eigenvalue weighted by atomic mass is 9.94. The Labute approximate surface area is 217 Å². The second-order valence-corrected chi connectivity index (χ2v) is 10.5. The van der Waals surface area contributed by atoms with Crippen molar-refractivity contribution >= 4 is 17.1 Å². The minimum absolute atomic E-state index is 0.0149. The predicted octanol–water partition coefficient (Wildman–Crippen LogP) is 4.69. The van der Waals surface area contributed by atoms with Gasteiger partial charge in [-0.25, -0.2) is 14.8 Å². The van der Waals surface area contributed by atoms with Crippen molar-refractivity contribution in [1.29, 1.82) is 5.26 Å². The zero-order valence-electron chi connectivity index (χ0n) is 22.0. The fraction of sp³-hybridized carbons (Fsp3) is 0.500. The molecule has 0 atom stereocenters. The summed E-state index contributed by atoms with van der Waals surface area (Å²) in [4.78, 5) is 22.9. The van der Waals surface area contributed by atoms with E-state index in [1.165, 1.54) is 0 Å². The highest BCUT2D eigenvalue weighted by Gasteiger charge is 2.26. The lowest BCUT2D eigenvalue weighted by Gasteiger charge is -2.33. The summed E-state index contributed by atoms with van der Waals surface area (Å²) in [5.41, 5.74) is 2.70. The van der Waals surface area contributed by atoms with Gasteiger partial charge in [0.1, 0.15) is 23.1 Å². The summed E-state index contributed by atoms with van der Waals surface area (Å²) in [6.07, 6.45) is 4.44. The topological polar surface area (TPSA) is 114 Å². The van der Waals surface area contributed by atoms with Crippen molar-refractivity contribution in [2.75, 3.05) is 26.3 Å². The van der Waals surface area contributed by atoms with Crippen LogP contribution in [-0.4, -0.2) is 62.5 Å². The summed E-state index contributed by atoms with van der Waals surface area (Å²) in [5, 5.41) is 19.6. The minimum atomic E-state index is -0.475. The minimum Gasteiger partial charge on any atom is -0.493 e. The van der Waals surface area contributed by atoms with Crippen molar-refractivity contribution in [2.45, 2.75) is 59.1 Å². The van der Waals surface area contributed by atoms with E-state index >= 15 is 0 Å². The average Bonchev–Trinajstić information content (AvgIpc) is 3.26.